The average Bonchev–Trinajstić information content (AvgIpc) is 3.05. The highest BCUT2D eigenvalue weighted by Gasteiger charge is 2.45. The molecule has 1 aromatic heterocycles. The van der Waals surface area contributed by atoms with E-state index in [1.165, 1.54) is 11.1 Å². The molecule has 6 heteroatoms. The molecule has 5 nitrogen and oxygen atoms in total. The molecule has 0 aliphatic carbocycles. The Hall–Kier alpha value is -2.26. The fourth-order valence-electron chi connectivity index (χ4n) is 4.34. The molecule has 4 rings (SSSR count). The molecule has 1 amide bonds. The number of methoxy groups -OCH3 is 1. The summed E-state index contributed by atoms with van der Waals surface area (Å²) in [6.45, 7) is 5.41. The van der Waals surface area contributed by atoms with E-state index in [1.807, 2.05) is 13.0 Å². The van der Waals surface area contributed by atoms with Crippen molar-refractivity contribution in [2.45, 2.75) is 51.6 Å². The number of rotatable bonds is 4. The van der Waals surface area contributed by atoms with Crippen LogP contribution < -0.4 is 4.74 Å². The molecule has 0 saturated carbocycles. The standard InChI is InChI=1S/C22H24BrN3O2/c1-4-5-15-10-18(21(27)26-9-7-22(26,2)13-24)25-8-6-14-11-19(28-3)17(23)12-16(14)20(15)25/h10-12H,4-9H2,1-3H3/t22-/m1/s1. The van der Waals surface area contributed by atoms with Crippen molar-refractivity contribution in [2.75, 3.05) is 13.7 Å². The van der Waals surface area contributed by atoms with E-state index in [0.717, 1.165) is 53.7 Å². The number of ether oxygens (including phenoxy) is 1. The molecular weight excluding hydrogens is 418 g/mol. The predicted octanol–water partition coefficient (Wildman–Crippen LogP) is 4.56. The van der Waals surface area contributed by atoms with Gasteiger partial charge in [0.1, 0.15) is 17.0 Å². The Morgan fingerprint density at radius 2 is 2.14 bits per heavy atom. The van der Waals surface area contributed by atoms with Crippen molar-refractivity contribution in [1.82, 2.24) is 9.47 Å². The van der Waals surface area contributed by atoms with Crippen LogP contribution >= 0.6 is 15.9 Å². The summed E-state index contributed by atoms with van der Waals surface area (Å²) in [6.07, 6.45) is 3.51. The van der Waals surface area contributed by atoms with Crippen molar-refractivity contribution in [3.05, 3.63) is 39.5 Å². The van der Waals surface area contributed by atoms with E-state index in [9.17, 15) is 10.1 Å². The van der Waals surface area contributed by atoms with E-state index in [0.29, 0.717) is 12.2 Å². The molecule has 2 aromatic rings. The Bertz CT molecular complexity index is 1000. The van der Waals surface area contributed by atoms with Crippen LogP contribution in [0.5, 0.6) is 5.75 Å². The number of aryl methyl sites for hydroxylation is 2. The second-order valence-electron chi connectivity index (χ2n) is 7.79. The highest BCUT2D eigenvalue weighted by molar-refractivity contribution is 9.10. The lowest BCUT2D eigenvalue weighted by atomic mass is 9.88. The lowest BCUT2D eigenvalue weighted by Gasteiger charge is -2.45. The molecule has 1 saturated heterocycles. The molecular formula is C22H24BrN3O2. The summed E-state index contributed by atoms with van der Waals surface area (Å²) in [6, 6.07) is 8.55. The Balaban J connectivity index is 1.84. The zero-order valence-electron chi connectivity index (χ0n) is 16.5. The van der Waals surface area contributed by atoms with Gasteiger partial charge in [0.15, 0.2) is 0 Å². The molecule has 2 aliphatic heterocycles. The van der Waals surface area contributed by atoms with Gasteiger partial charge >= 0.3 is 0 Å². The third-order valence-electron chi connectivity index (χ3n) is 6.06. The van der Waals surface area contributed by atoms with Crippen LogP contribution in [0.3, 0.4) is 0 Å². The lowest BCUT2D eigenvalue weighted by Crippen LogP contribution is -2.59. The quantitative estimate of drug-likeness (QED) is 0.698. The minimum atomic E-state index is -0.685. The molecule has 0 unspecified atom stereocenters. The topological polar surface area (TPSA) is 58.3 Å². The van der Waals surface area contributed by atoms with Gasteiger partial charge in [-0.1, -0.05) is 13.3 Å². The van der Waals surface area contributed by atoms with E-state index < -0.39 is 5.54 Å². The third-order valence-corrected chi connectivity index (χ3v) is 6.68. The number of hydrogen-bond donors (Lipinski definition) is 0. The molecule has 0 N–H and O–H groups in total. The van der Waals surface area contributed by atoms with Gasteiger partial charge < -0.3 is 14.2 Å². The van der Waals surface area contributed by atoms with Gasteiger partial charge in [0.25, 0.3) is 5.91 Å². The van der Waals surface area contributed by atoms with E-state index in [1.54, 1.807) is 12.0 Å². The summed E-state index contributed by atoms with van der Waals surface area (Å²) < 4.78 is 8.54. The second-order valence-corrected chi connectivity index (χ2v) is 8.65. The van der Waals surface area contributed by atoms with Gasteiger partial charge in [-0.25, -0.2) is 0 Å². The molecule has 3 heterocycles. The van der Waals surface area contributed by atoms with Crippen LogP contribution in [0, 0.1) is 11.3 Å². The minimum absolute atomic E-state index is 0.0325. The Labute approximate surface area is 174 Å². The fourth-order valence-corrected chi connectivity index (χ4v) is 4.85. The van der Waals surface area contributed by atoms with E-state index >= 15 is 0 Å². The molecule has 1 fully saturated rings. The van der Waals surface area contributed by atoms with Gasteiger partial charge in [-0.05, 0) is 65.0 Å². The minimum Gasteiger partial charge on any atom is -0.496 e. The Morgan fingerprint density at radius 3 is 2.75 bits per heavy atom. The largest absolute Gasteiger partial charge is 0.496 e. The maximum absolute atomic E-state index is 13.3. The van der Waals surface area contributed by atoms with Crippen molar-refractivity contribution in [1.29, 1.82) is 5.26 Å². The smallest absolute Gasteiger partial charge is 0.271 e. The zero-order chi connectivity index (χ0) is 20.1. The number of amides is 1. The van der Waals surface area contributed by atoms with Gasteiger partial charge in [-0.2, -0.15) is 5.26 Å². The Kier molecular flexibility index (Phi) is 4.75. The van der Waals surface area contributed by atoms with Crippen molar-refractivity contribution in [3.63, 3.8) is 0 Å². The normalized spacial score (nSPS) is 20.0. The number of fused-ring (bicyclic) bond motifs is 3. The number of likely N-dealkylation sites (tertiary alicyclic amines) is 1. The van der Waals surface area contributed by atoms with Gasteiger partial charge in [0, 0.05) is 25.1 Å². The summed E-state index contributed by atoms with van der Waals surface area (Å²) in [5, 5.41) is 9.48. The molecule has 0 spiro atoms. The van der Waals surface area contributed by atoms with Crippen LogP contribution in [0.15, 0.2) is 22.7 Å². The molecule has 0 bridgehead atoms. The molecule has 0 radical (unpaired) electrons. The molecule has 1 atom stereocenters. The Morgan fingerprint density at radius 1 is 1.36 bits per heavy atom. The van der Waals surface area contributed by atoms with Crippen LogP contribution in [-0.2, 0) is 19.4 Å². The lowest BCUT2D eigenvalue weighted by molar-refractivity contribution is 0.0294. The van der Waals surface area contributed by atoms with Gasteiger partial charge in [-0.3, -0.25) is 4.79 Å². The van der Waals surface area contributed by atoms with Crippen LogP contribution in [0.2, 0.25) is 0 Å². The highest BCUT2D eigenvalue weighted by Crippen LogP contribution is 2.41. The number of nitriles is 1. The van der Waals surface area contributed by atoms with E-state index in [2.05, 4.69) is 45.6 Å². The third kappa shape index (κ3) is 2.76. The van der Waals surface area contributed by atoms with Crippen LogP contribution in [0.1, 0.15) is 48.3 Å². The predicted molar refractivity (Wildman–Crippen MR) is 111 cm³/mol. The summed E-state index contributed by atoms with van der Waals surface area (Å²) in [5.74, 6) is 0.799. The summed E-state index contributed by atoms with van der Waals surface area (Å²) >= 11 is 3.61. The fraction of sp³-hybridized carbons (Fsp3) is 0.455. The highest BCUT2D eigenvalue weighted by atomic mass is 79.9. The number of nitrogens with zero attached hydrogens (tertiary/aromatic N) is 3. The van der Waals surface area contributed by atoms with Gasteiger partial charge in [-0.15, -0.1) is 0 Å². The molecule has 1 aromatic carbocycles. The van der Waals surface area contributed by atoms with Gasteiger partial charge in [0.2, 0.25) is 0 Å². The van der Waals surface area contributed by atoms with Crippen LogP contribution in [-0.4, -0.2) is 34.6 Å². The second kappa shape index (κ2) is 6.97. The van der Waals surface area contributed by atoms with Crippen LogP contribution in [0.25, 0.3) is 11.3 Å². The number of halogens is 1. The van der Waals surface area contributed by atoms with Crippen LogP contribution in [0.4, 0.5) is 0 Å². The maximum atomic E-state index is 13.3. The number of carbonyl (C=O) groups is 1. The zero-order valence-corrected chi connectivity index (χ0v) is 18.1. The number of aromatic nitrogens is 1. The number of hydrogen-bond acceptors (Lipinski definition) is 3. The first kappa shape index (κ1) is 19.1. The summed E-state index contributed by atoms with van der Waals surface area (Å²) in [7, 11) is 1.68. The molecule has 28 heavy (non-hydrogen) atoms. The van der Waals surface area contributed by atoms with E-state index in [-0.39, 0.29) is 5.91 Å². The summed E-state index contributed by atoms with van der Waals surface area (Å²) in [4.78, 5) is 15.0. The van der Waals surface area contributed by atoms with Crippen molar-refractivity contribution >= 4 is 21.8 Å². The van der Waals surface area contributed by atoms with Crippen molar-refractivity contribution in [2.24, 2.45) is 0 Å². The first-order valence-electron chi connectivity index (χ1n) is 9.76. The first-order valence-corrected chi connectivity index (χ1v) is 10.5. The number of benzene rings is 1. The van der Waals surface area contributed by atoms with E-state index in [4.69, 9.17) is 4.74 Å². The number of carbonyl (C=O) groups excluding carboxylic acids is 1. The SMILES string of the molecule is CCCc1cc(C(=O)N2CC[C@]2(C)C#N)n2c1-c1cc(Br)c(OC)cc1CC2. The molecule has 2 aliphatic rings. The van der Waals surface area contributed by atoms with Gasteiger partial charge in [0.05, 0.1) is 23.3 Å². The maximum Gasteiger partial charge on any atom is 0.271 e. The average molecular weight is 442 g/mol. The molecule has 146 valence electrons. The van der Waals surface area contributed by atoms with Crippen molar-refractivity contribution < 1.29 is 9.53 Å². The summed E-state index contributed by atoms with van der Waals surface area (Å²) in [5.41, 5.74) is 4.76. The van der Waals surface area contributed by atoms with Crippen molar-refractivity contribution in [3.8, 4) is 23.1 Å². The monoisotopic (exact) mass is 441 g/mol. The first-order chi connectivity index (χ1) is 13.4.